The van der Waals surface area contributed by atoms with Crippen molar-refractivity contribution in [2.24, 2.45) is 0 Å². The zero-order valence-electron chi connectivity index (χ0n) is 13.4. The van der Waals surface area contributed by atoms with Crippen LogP contribution in [0.15, 0.2) is 65.6 Å². The summed E-state index contributed by atoms with van der Waals surface area (Å²) in [6.07, 6.45) is 1.15. The fourth-order valence-electron chi connectivity index (χ4n) is 2.49. The molecule has 3 rings (SSSR count). The van der Waals surface area contributed by atoms with Crippen LogP contribution in [0, 0.1) is 6.92 Å². The van der Waals surface area contributed by atoms with Gasteiger partial charge in [0.1, 0.15) is 0 Å². The zero-order valence-corrected chi connectivity index (χ0v) is 14.2. The van der Waals surface area contributed by atoms with Crippen LogP contribution in [0.2, 0.25) is 0 Å². The Morgan fingerprint density at radius 3 is 2.33 bits per heavy atom. The van der Waals surface area contributed by atoms with E-state index in [1.54, 1.807) is 12.1 Å². The molecule has 122 valence electrons. The summed E-state index contributed by atoms with van der Waals surface area (Å²) in [7, 11) is -3.32. The number of anilines is 1. The molecule has 0 saturated heterocycles. The smallest absolute Gasteiger partial charge is 0.255 e. The van der Waals surface area contributed by atoms with E-state index in [2.05, 4.69) is 5.32 Å². The number of amides is 1. The van der Waals surface area contributed by atoms with Gasteiger partial charge in [-0.05, 0) is 47.5 Å². The van der Waals surface area contributed by atoms with Gasteiger partial charge in [0.15, 0.2) is 9.84 Å². The maximum Gasteiger partial charge on any atom is 0.255 e. The van der Waals surface area contributed by atoms with Crippen LogP contribution in [0.1, 0.15) is 15.9 Å². The number of fused-ring (bicyclic) bond motifs is 1. The van der Waals surface area contributed by atoms with Crippen molar-refractivity contribution in [3.63, 3.8) is 0 Å². The second-order valence-corrected chi connectivity index (χ2v) is 7.78. The third-order valence-electron chi connectivity index (χ3n) is 3.90. The van der Waals surface area contributed by atoms with E-state index in [9.17, 15) is 13.2 Å². The van der Waals surface area contributed by atoms with Gasteiger partial charge in [-0.1, -0.05) is 36.4 Å². The molecule has 5 heteroatoms. The average Bonchev–Trinajstić information content (AvgIpc) is 2.55. The monoisotopic (exact) mass is 339 g/mol. The van der Waals surface area contributed by atoms with Crippen LogP contribution in [-0.2, 0) is 9.84 Å². The highest BCUT2D eigenvalue weighted by Gasteiger charge is 2.12. The molecule has 0 aliphatic heterocycles. The largest absolute Gasteiger partial charge is 0.322 e. The highest BCUT2D eigenvalue weighted by molar-refractivity contribution is 7.90. The molecular weight excluding hydrogens is 322 g/mol. The van der Waals surface area contributed by atoms with Gasteiger partial charge in [-0.3, -0.25) is 4.79 Å². The molecule has 0 fully saturated rings. The summed E-state index contributed by atoms with van der Waals surface area (Å²) in [5.74, 6) is -0.269. The van der Waals surface area contributed by atoms with E-state index in [4.69, 9.17) is 0 Å². The highest BCUT2D eigenvalue weighted by Crippen LogP contribution is 2.22. The number of nitrogens with one attached hydrogen (secondary N) is 1. The molecule has 0 heterocycles. The van der Waals surface area contributed by atoms with Crippen molar-refractivity contribution in [1.29, 1.82) is 0 Å². The third kappa shape index (κ3) is 3.31. The highest BCUT2D eigenvalue weighted by atomic mass is 32.2. The molecular formula is C19H17NO3S. The molecule has 0 spiro atoms. The quantitative estimate of drug-likeness (QED) is 0.789. The number of sulfone groups is 1. The van der Waals surface area contributed by atoms with Gasteiger partial charge in [-0.15, -0.1) is 0 Å². The van der Waals surface area contributed by atoms with E-state index in [1.165, 1.54) is 12.1 Å². The van der Waals surface area contributed by atoms with Crippen molar-refractivity contribution in [1.82, 2.24) is 0 Å². The van der Waals surface area contributed by atoms with E-state index in [0.29, 0.717) is 11.3 Å². The van der Waals surface area contributed by atoms with Gasteiger partial charge in [0.2, 0.25) is 0 Å². The van der Waals surface area contributed by atoms with Gasteiger partial charge < -0.3 is 5.32 Å². The van der Waals surface area contributed by atoms with E-state index in [1.807, 2.05) is 43.3 Å². The van der Waals surface area contributed by atoms with Crippen molar-refractivity contribution in [2.45, 2.75) is 11.8 Å². The van der Waals surface area contributed by atoms with Crippen molar-refractivity contribution in [3.05, 3.63) is 71.8 Å². The van der Waals surface area contributed by atoms with E-state index in [0.717, 1.165) is 22.6 Å². The first-order valence-electron chi connectivity index (χ1n) is 7.45. The minimum Gasteiger partial charge on any atom is -0.322 e. The fraction of sp³-hybridized carbons (Fsp3) is 0.105. The Morgan fingerprint density at radius 1 is 0.917 bits per heavy atom. The second-order valence-electron chi connectivity index (χ2n) is 5.76. The molecule has 4 nitrogen and oxygen atoms in total. The van der Waals surface area contributed by atoms with Crippen LogP contribution in [0.5, 0.6) is 0 Å². The lowest BCUT2D eigenvalue weighted by atomic mass is 10.1. The van der Waals surface area contributed by atoms with E-state index >= 15 is 0 Å². The first kappa shape index (κ1) is 16.2. The van der Waals surface area contributed by atoms with Crippen molar-refractivity contribution >= 4 is 32.2 Å². The van der Waals surface area contributed by atoms with Gasteiger partial charge in [0.25, 0.3) is 5.91 Å². The number of aryl methyl sites for hydroxylation is 1. The molecule has 0 aromatic heterocycles. The number of carbonyl (C=O) groups excluding carboxylic acids is 1. The van der Waals surface area contributed by atoms with E-state index in [-0.39, 0.29) is 10.8 Å². The standard InChI is InChI=1S/C19H17NO3S/c1-13-7-10-17(24(2,22)23)12-18(13)20-19(21)16-9-8-14-5-3-4-6-15(14)11-16/h3-12H,1-2H3,(H,20,21). The molecule has 0 aliphatic rings. The summed E-state index contributed by atoms with van der Waals surface area (Å²) >= 11 is 0. The van der Waals surface area contributed by atoms with Crippen LogP contribution in [0.25, 0.3) is 10.8 Å². The molecule has 3 aromatic carbocycles. The third-order valence-corrected chi connectivity index (χ3v) is 5.01. The normalized spacial score (nSPS) is 11.4. The number of hydrogen-bond donors (Lipinski definition) is 1. The Morgan fingerprint density at radius 2 is 1.62 bits per heavy atom. The average molecular weight is 339 g/mol. The molecule has 1 amide bonds. The van der Waals surface area contributed by atoms with Crippen LogP contribution >= 0.6 is 0 Å². The predicted molar refractivity (Wildman–Crippen MR) is 96.2 cm³/mol. The maximum atomic E-state index is 12.5. The van der Waals surface area contributed by atoms with Crippen LogP contribution in [-0.4, -0.2) is 20.6 Å². The van der Waals surface area contributed by atoms with Gasteiger partial charge in [-0.25, -0.2) is 8.42 Å². The minimum atomic E-state index is -3.32. The van der Waals surface area contributed by atoms with Gasteiger partial charge in [0.05, 0.1) is 4.90 Å². The summed E-state index contributed by atoms with van der Waals surface area (Å²) in [4.78, 5) is 12.7. The Balaban J connectivity index is 1.93. The summed E-state index contributed by atoms with van der Waals surface area (Å²) in [6.45, 7) is 1.82. The molecule has 3 aromatic rings. The predicted octanol–water partition coefficient (Wildman–Crippen LogP) is 3.80. The molecule has 0 radical (unpaired) electrons. The van der Waals surface area contributed by atoms with Crippen molar-refractivity contribution < 1.29 is 13.2 Å². The summed E-state index contributed by atoms with van der Waals surface area (Å²) < 4.78 is 23.4. The fourth-order valence-corrected chi connectivity index (χ4v) is 3.14. The molecule has 0 unspecified atom stereocenters. The number of benzene rings is 3. The lowest BCUT2D eigenvalue weighted by Gasteiger charge is -2.10. The summed E-state index contributed by atoms with van der Waals surface area (Å²) in [6, 6.07) is 18.0. The molecule has 0 atom stereocenters. The molecule has 24 heavy (non-hydrogen) atoms. The lowest BCUT2D eigenvalue weighted by Crippen LogP contribution is -2.13. The Bertz CT molecular complexity index is 1040. The number of carbonyl (C=O) groups is 1. The van der Waals surface area contributed by atoms with Crippen LogP contribution < -0.4 is 5.32 Å². The number of hydrogen-bond acceptors (Lipinski definition) is 3. The summed E-state index contributed by atoms with van der Waals surface area (Å²) in [5.41, 5.74) is 1.82. The van der Waals surface area contributed by atoms with Crippen LogP contribution in [0.4, 0.5) is 5.69 Å². The molecule has 0 aliphatic carbocycles. The SMILES string of the molecule is Cc1ccc(S(C)(=O)=O)cc1NC(=O)c1ccc2ccccc2c1. The second kappa shape index (κ2) is 6.09. The van der Waals surface area contributed by atoms with Crippen LogP contribution in [0.3, 0.4) is 0 Å². The first-order chi connectivity index (χ1) is 11.3. The first-order valence-corrected chi connectivity index (χ1v) is 9.34. The minimum absolute atomic E-state index is 0.182. The Hall–Kier alpha value is -2.66. The summed E-state index contributed by atoms with van der Waals surface area (Å²) in [5, 5.41) is 4.84. The van der Waals surface area contributed by atoms with Gasteiger partial charge >= 0.3 is 0 Å². The Labute approximate surface area is 141 Å². The molecule has 0 saturated carbocycles. The van der Waals surface area contributed by atoms with Crippen molar-refractivity contribution in [3.8, 4) is 0 Å². The maximum absolute atomic E-state index is 12.5. The lowest BCUT2D eigenvalue weighted by molar-refractivity contribution is 0.102. The topological polar surface area (TPSA) is 63.2 Å². The molecule has 1 N–H and O–H groups in total. The van der Waals surface area contributed by atoms with Gasteiger partial charge in [-0.2, -0.15) is 0 Å². The zero-order chi connectivity index (χ0) is 17.3. The van der Waals surface area contributed by atoms with E-state index < -0.39 is 9.84 Å². The van der Waals surface area contributed by atoms with Gasteiger partial charge in [0, 0.05) is 17.5 Å². The molecule has 0 bridgehead atoms. The number of rotatable bonds is 3. The van der Waals surface area contributed by atoms with Crippen molar-refractivity contribution in [2.75, 3.05) is 11.6 Å². The Kier molecular flexibility index (Phi) is 4.11.